The van der Waals surface area contributed by atoms with E-state index >= 15 is 0 Å². The molecule has 2 rings (SSSR count). The van der Waals surface area contributed by atoms with Gasteiger partial charge in [0, 0.05) is 11.1 Å². The highest BCUT2D eigenvalue weighted by Gasteiger charge is 2.29. The van der Waals surface area contributed by atoms with Crippen molar-refractivity contribution in [2.45, 2.75) is 58.9 Å². The molecule has 26 heavy (non-hydrogen) atoms. The van der Waals surface area contributed by atoms with Gasteiger partial charge in [0.15, 0.2) is 6.61 Å². The lowest BCUT2D eigenvalue weighted by atomic mass is 9.78. The van der Waals surface area contributed by atoms with Gasteiger partial charge in [0.25, 0.3) is 5.91 Å². The van der Waals surface area contributed by atoms with Crippen molar-refractivity contribution in [1.82, 2.24) is 5.32 Å². The molecule has 1 saturated carbocycles. The third-order valence-corrected chi connectivity index (χ3v) is 5.80. The predicted molar refractivity (Wildman–Crippen MR) is 104 cm³/mol. The average Bonchev–Trinajstić information content (AvgIpc) is 2.59. The van der Waals surface area contributed by atoms with E-state index in [-0.39, 0.29) is 30.4 Å². The monoisotopic (exact) mass is 379 g/mol. The van der Waals surface area contributed by atoms with Crippen LogP contribution in [0.2, 0.25) is 5.02 Å². The molecule has 144 valence electrons. The number of carbonyl (C=O) groups is 2. The van der Waals surface area contributed by atoms with E-state index in [2.05, 4.69) is 19.2 Å². The highest BCUT2D eigenvalue weighted by Crippen LogP contribution is 2.30. The lowest BCUT2D eigenvalue weighted by Crippen LogP contribution is -2.45. The van der Waals surface area contributed by atoms with Crippen molar-refractivity contribution in [3.63, 3.8) is 0 Å². The summed E-state index contributed by atoms with van der Waals surface area (Å²) in [7, 11) is 0. The van der Waals surface area contributed by atoms with Crippen LogP contribution in [0.5, 0.6) is 0 Å². The van der Waals surface area contributed by atoms with Gasteiger partial charge in [0.1, 0.15) is 0 Å². The molecule has 5 heteroatoms. The second-order valence-electron chi connectivity index (χ2n) is 7.82. The van der Waals surface area contributed by atoms with Crippen LogP contribution in [0.1, 0.15) is 58.4 Å². The van der Waals surface area contributed by atoms with Crippen molar-refractivity contribution in [1.29, 1.82) is 0 Å². The average molecular weight is 380 g/mol. The number of nitrogens with one attached hydrogen (secondary N) is 1. The minimum Gasteiger partial charge on any atom is -0.455 e. The van der Waals surface area contributed by atoms with Crippen LogP contribution < -0.4 is 5.32 Å². The largest absolute Gasteiger partial charge is 0.455 e. The van der Waals surface area contributed by atoms with Crippen LogP contribution in [-0.2, 0) is 14.3 Å². The zero-order chi connectivity index (χ0) is 19.3. The summed E-state index contributed by atoms with van der Waals surface area (Å²) in [5.74, 6) is 0.109. The van der Waals surface area contributed by atoms with Crippen molar-refractivity contribution in [3.8, 4) is 0 Å². The standard InChI is InChI=1S/C21H30ClNO3/c1-13(2)20(16-8-10-17(22)11-9-16)21(25)26-12-19(24)23-18-7-5-6-14(3)15(18)4/h8-11,13-15,18,20H,5-7,12H2,1-4H3,(H,23,24)/t14-,15+,18-,20+/m0/s1. The number of hydrogen-bond acceptors (Lipinski definition) is 3. The van der Waals surface area contributed by atoms with Crippen LogP contribution in [0.25, 0.3) is 0 Å². The van der Waals surface area contributed by atoms with Gasteiger partial charge in [-0.3, -0.25) is 9.59 Å². The molecule has 0 bridgehead atoms. The number of ether oxygens (including phenoxy) is 1. The predicted octanol–water partition coefficient (Wildman–Crippen LogP) is 4.56. The molecule has 0 unspecified atom stereocenters. The summed E-state index contributed by atoms with van der Waals surface area (Å²) >= 11 is 5.92. The zero-order valence-corrected chi connectivity index (χ0v) is 16.9. The number of amides is 1. The van der Waals surface area contributed by atoms with Crippen LogP contribution in [0, 0.1) is 17.8 Å². The summed E-state index contributed by atoms with van der Waals surface area (Å²) in [4.78, 5) is 24.8. The molecule has 4 nitrogen and oxygen atoms in total. The number of rotatable bonds is 6. The molecule has 1 fully saturated rings. The summed E-state index contributed by atoms with van der Waals surface area (Å²) in [5, 5.41) is 3.66. The molecular weight excluding hydrogens is 350 g/mol. The normalized spacial score (nSPS) is 24.2. The fourth-order valence-electron chi connectivity index (χ4n) is 3.72. The minimum absolute atomic E-state index is 0.0611. The Morgan fingerprint density at radius 1 is 1.19 bits per heavy atom. The minimum atomic E-state index is -0.409. The van der Waals surface area contributed by atoms with Gasteiger partial charge in [0.2, 0.25) is 0 Å². The SMILES string of the molecule is CC(C)[C@@H](C(=O)OCC(=O)N[C@H]1CCC[C@H](C)[C@H]1C)c1ccc(Cl)cc1. The highest BCUT2D eigenvalue weighted by atomic mass is 35.5. The van der Waals surface area contributed by atoms with Gasteiger partial charge in [-0.05, 0) is 41.9 Å². The van der Waals surface area contributed by atoms with Crippen LogP contribution in [0.4, 0.5) is 0 Å². The van der Waals surface area contributed by atoms with Gasteiger partial charge < -0.3 is 10.1 Å². The summed E-state index contributed by atoms with van der Waals surface area (Å²) < 4.78 is 5.33. The maximum Gasteiger partial charge on any atom is 0.314 e. The molecule has 0 saturated heterocycles. The van der Waals surface area contributed by atoms with E-state index in [1.807, 2.05) is 26.0 Å². The molecule has 0 heterocycles. The van der Waals surface area contributed by atoms with Crippen molar-refractivity contribution >= 4 is 23.5 Å². The summed E-state index contributed by atoms with van der Waals surface area (Å²) in [6, 6.07) is 7.36. The first-order valence-electron chi connectivity index (χ1n) is 9.51. The second kappa shape index (κ2) is 9.40. The Balaban J connectivity index is 1.91. The quantitative estimate of drug-likeness (QED) is 0.737. The van der Waals surface area contributed by atoms with E-state index in [0.29, 0.717) is 16.9 Å². The third-order valence-electron chi connectivity index (χ3n) is 5.55. The number of benzene rings is 1. The number of carbonyl (C=O) groups excluding carboxylic acids is 2. The Bertz CT molecular complexity index is 614. The van der Waals surface area contributed by atoms with Gasteiger partial charge in [-0.2, -0.15) is 0 Å². The fraction of sp³-hybridized carbons (Fsp3) is 0.619. The first-order valence-corrected chi connectivity index (χ1v) is 9.88. The van der Waals surface area contributed by atoms with Gasteiger partial charge >= 0.3 is 5.97 Å². The topological polar surface area (TPSA) is 55.4 Å². The van der Waals surface area contributed by atoms with E-state index in [1.165, 1.54) is 6.42 Å². The molecular formula is C21H30ClNO3. The van der Waals surface area contributed by atoms with Crippen LogP contribution in [0.3, 0.4) is 0 Å². The molecule has 0 aliphatic heterocycles. The van der Waals surface area contributed by atoms with Crippen molar-refractivity contribution in [2.24, 2.45) is 17.8 Å². The Kier molecular flexibility index (Phi) is 7.51. The van der Waals surface area contributed by atoms with Gasteiger partial charge in [-0.15, -0.1) is 0 Å². The first-order chi connectivity index (χ1) is 12.3. The van der Waals surface area contributed by atoms with Crippen molar-refractivity contribution in [3.05, 3.63) is 34.9 Å². The summed E-state index contributed by atoms with van der Waals surface area (Å²) in [5.41, 5.74) is 0.851. The molecule has 0 radical (unpaired) electrons. The molecule has 4 atom stereocenters. The molecule has 1 aromatic carbocycles. The molecule has 1 amide bonds. The van der Waals surface area contributed by atoms with Gasteiger partial charge in [0.05, 0.1) is 5.92 Å². The van der Waals surface area contributed by atoms with E-state index in [9.17, 15) is 9.59 Å². The van der Waals surface area contributed by atoms with Gasteiger partial charge in [-0.1, -0.05) is 64.3 Å². The Hall–Kier alpha value is -1.55. The Morgan fingerprint density at radius 2 is 1.85 bits per heavy atom. The number of hydrogen-bond donors (Lipinski definition) is 1. The highest BCUT2D eigenvalue weighted by molar-refractivity contribution is 6.30. The molecule has 1 aliphatic rings. The third kappa shape index (κ3) is 5.47. The Morgan fingerprint density at radius 3 is 2.46 bits per heavy atom. The van der Waals surface area contributed by atoms with Crippen molar-refractivity contribution in [2.75, 3.05) is 6.61 Å². The molecule has 0 spiro atoms. The summed E-state index contributed by atoms with van der Waals surface area (Å²) in [6.07, 6.45) is 3.33. The second-order valence-corrected chi connectivity index (χ2v) is 8.26. The molecule has 0 aromatic heterocycles. The number of halogens is 1. The summed E-state index contributed by atoms with van der Waals surface area (Å²) in [6.45, 7) is 8.10. The maximum atomic E-state index is 12.5. The molecule has 1 aromatic rings. The smallest absolute Gasteiger partial charge is 0.314 e. The van der Waals surface area contributed by atoms with E-state index in [4.69, 9.17) is 16.3 Å². The zero-order valence-electron chi connectivity index (χ0n) is 16.1. The number of esters is 1. The lowest BCUT2D eigenvalue weighted by molar-refractivity contribution is -0.151. The van der Waals surface area contributed by atoms with E-state index in [0.717, 1.165) is 18.4 Å². The van der Waals surface area contributed by atoms with Gasteiger partial charge in [-0.25, -0.2) is 0 Å². The Labute approximate surface area is 161 Å². The molecule has 1 N–H and O–H groups in total. The van der Waals surface area contributed by atoms with Crippen molar-refractivity contribution < 1.29 is 14.3 Å². The lowest BCUT2D eigenvalue weighted by Gasteiger charge is -2.34. The fourth-order valence-corrected chi connectivity index (χ4v) is 3.85. The van der Waals surface area contributed by atoms with Crippen LogP contribution >= 0.6 is 11.6 Å². The van der Waals surface area contributed by atoms with Crippen LogP contribution in [0.15, 0.2) is 24.3 Å². The van der Waals surface area contributed by atoms with Crippen LogP contribution in [-0.4, -0.2) is 24.5 Å². The van der Waals surface area contributed by atoms with E-state index in [1.54, 1.807) is 12.1 Å². The molecule has 1 aliphatic carbocycles. The first kappa shape index (κ1) is 20.8. The maximum absolute atomic E-state index is 12.5. The van der Waals surface area contributed by atoms with E-state index < -0.39 is 5.92 Å².